The van der Waals surface area contributed by atoms with Crippen LogP contribution in [0.25, 0.3) is 0 Å². The zero-order valence-electron chi connectivity index (χ0n) is 7.59. The highest BCUT2D eigenvalue weighted by molar-refractivity contribution is 5.84. The van der Waals surface area contributed by atoms with Gasteiger partial charge in [-0.15, -0.1) is 0 Å². The van der Waals surface area contributed by atoms with Crippen LogP contribution in [0.2, 0.25) is 0 Å². The lowest BCUT2D eigenvalue weighted by Crippen LogP contribution is -2.41. The molecule has 0 aliphatic carbocycles. The number of nitrogens with two attached hydrogens (primary N) is 1. The largest absolute Gasteiger partial charge is 0.368 e. The van der Waals surface area contributed by atoms with Crippen LogP contribution >= 0.6 is 0 Å². The van der Waals surface area contributed by atoms with Gasteiger partial charge in [0.25, 0.3) is 5.92 Å². The molecule has 14 heavy (non-hydrogen) atoms. The third-order valence-electron chi connectivity index (χ3n) is 1.95. The smallest absolute Gasteiger partial charge is 0.318 e. The van der Waals surface area contributed by atoms with E-state index in [4.69, 9.17) is 5.73 Å². The SMILES string of the molecule is CC(F)(F)C1CN(CC(N)=O)C(=O)N1. The maximum Gasteiger partial charge on any atom is 0.318 e. The van der Waals surface area contributed by atoms with Crippen LogP contribution in [0, 0.1) is 0 Å². The van der Waals surface area contributed by atoms with Crippen LogP contribution in [0.1, 0.15) is 6.92 Å². The molecule has 1 aliphatic rings. The summed E-state index contributed by atoms with van der Waals surface area (Å²) in [5, 5.41) is 2.08. The zero-order chi connectivity index (χ0) is 10.9. The normalized spacial score (nSPS) is 22.4. The number of alkyl halides is 2. The van der Waals surface area contributed by atoms with E-state index in [-0.39, 0.29) is 13.1 Å². The molecular formula is C7H11F2N3O2. The average Bonchev–Trinajstić information content (AvgIpc) is 2.30. The number of urea groups is 1. The van der Waals surface area contributed by atoms with Crippen LogP contribution in [0.3, 0.4) is 0 Å². The van der Waals surface area contributed by atoms with Crippen molar-refractivity contribution in [1.82, 2.24) is 10.2 Å². The van der Waals surface area contributed by atoms with Crippen LogP contribution < -0.4 is 11.1 Å². The van der Waals surface area contributed by atoms with Gasteiger partial charge in [-0.1, -0.05) is 0 Å². The second-order valence-corrected chi connectivity index (χ2v) is 3.31. The van der Waals surface area contributed by atoms with E-state index in [0.29, 0.717) is 6.92 Å². The van der Waals surface area contributed by atoms with Crippen molar-refractivity contribution in [3.05, 3.63) is 0 Å². The van der Waals surface area contributed by atoms with Gasteiger partial charge in [0.05, 0.1) is 0 Å². The van der Waals surface area contributed by atoms with Crippen molar-refractivity contribution in [3.63, 3.8) is 0 Å². The standard InChI is InChI=1S/C7H11F2N3O2/c1-7(8,9)4-2-12(3-5(10)13)6(14)11-4/h4H,2-3H2,1H3,(H2,10,13)(H,11,14). The lowest BCUT2D eigenvalue weighted by molar-refractivity contribution is -0.118. The summed E-state index contributed by atoms with van der Waals surface area (Å²) in [7, 11) is 0. The van der Waals surface area contributed by atoms with E-state index in [1.54, 1.807) is 0 Å². The quantitative estimate of drug-likeness (QED) is 0.655. The molecule has 1 aliphatic heterocycles. The Morgan fingerprint density at radius 1 is 1.79 bits per heavy atom. The summed E-state index contributed by atoms with van der Waals surface area (Å²) in [6.45, 7) is 0.176. The number of amides is 3. The number of nitrogens with one attached hydrogen (secondary N) is 1. The van der Waals surface area contributed by atoms with Crippen LogP contribution in [0.5, 0.6) is 0 Å². The van der Waals surface area contributed by atoms with E-state index < -0.39 is 23.9 Å². The van der Waals surface area contributed by atoms with Crippen LogP contribution in [0.15, 0.2) is 0 Å². The molecule has 0 aromatic heterocycles. The summed E-state index contributed by atoms with van der Waals surface area (Å²) in [6, 6.07) is -1.94. The molecule has 0 aromatic rings. The van der Waals surface area contributed by atoms with Gasteiger partial charge in [-0.25, -0.2) is 13.6 Å². The molecule has 3 N–H and O–H groups in total. The molecule has 3 amide bonds. The number of halogens is 2. The highest BCUT2D eigenvalue weighted by Crippen LogP contribution is 2.21. The first-order chi connectivity index (χ1) is 6.30. The van der Waals surface area contributed by atoms with Gasteiger partial charge < -0.3 is 16.0 Å². The zero-order valence-corrected chi connectivity index (χ0v) is 7.59. The summed E-state index contributed by atoms with van der Waals surface area (Å²) >= 11 is 0. The summed E-state index contributed by atoms with van der Waals surface area (Å²) in [4.78, 5) is 22.5. The number of hydrogen-bond donors (Lipinski definition) is 2. The molecule has 0 aromatic carbocycles. The second-order valence-electron chi connectivity index (χ2n) is 3.31. The van der Waals surface area contributed by atoms with Crippen molar-refractivity contribution >= 4 is 11.9 Å². The first-order valence-electron chi connectivity index (χ1n) is 4.02. The first kappa shape index (κ1) is 10.7. The maximum absolute atomic E-state index is 12.8. The van der Waals surface area contributed by atoms with E-state index in [2.05, 4.69) is 5.32 Å². The van der Waals surface area contributed by atoms with E-state index in [9.17, 15) is 18.4 Å². The molecular weight excluding hydrogens is 196 g/mol. The molecule has 0 spiro atoms. The summed E-state index contributed by atoms with van der Waals surface area (Å²) in [6.07, 6.45) is 0. The van der Waals surface area contributed by atoms with Crippen molar-refractivity contribution in [1.29, 1.82) is 0 Å². The minimum absolute atomic E-state index is 0.203. The van der Waals surface area contributed by atoms with Crippen molar-refractivity contribution in [2.75, 3.05) is 13.1 Å². The number of hydrogen-bond acceptors (Lipinski definition) is 2. The van der Waals surface area contributed by atoms with E-state index >= 15 is 0 Å². The van der Waals surface area contributed by atoms with Crippen LogP contribution in [-0.4, -0.2) is 41.9 Å². The van der Waals surface area contributed by atoms with Crippen LogP contribution in [0.4, 0.5) is 13.6 Å². The molecule has 1 heterocycles. The monoisotopic (exact) mass is 207 g/mol. The van der Waals surface area contributed by atoms with Gasteiger partial charge in [0.15, 0.2) is 0 Å². The highest BCUT2D eigenvalue weighted by Gasteiger charge is 2.42. The molecule has 80 valence electrons. The number of rotatable bonds is 3. The van der Waals surface area contributed by atoms with Gasteiger partial charge in [-0.2, -0.15) is 0 Å². The van der Waals surface area contributed by atoms with Gasteiger partial charge in [-0.05, 0) is 0 Å². The van der Waals surface area contributed by atoms with Crippen molar-refractivity contribution in [2.24, 2.45) is 5.73 Å². The number of primary amides is 1. The van der Waals surface area contributed by atoms with Gasteiger partial charge in [0.2, 0.25) is 5.91 Å². The molecule has 1 saturated heterocycles. The Hall–Kier alpha value is -1.40. The molecule has 0 bridgehead atoms. The summed E-state index contributed by atoms with van der Waals surface area (Å²) in [5.41, 5.74) is 4.84. The molecule has 1 rings (SSSR count). The molecule has 5 nitrogen and oxygen atoms in total. The Morgan fingerprint density at radius 3 is 2.71 bits per heavy atom. The molecule has 7 heteroatoms. The first-order valence-corrected chi connectivity index (χ1v) is 4.02. The Bertz CT molecular complexity index is 264. The van der Waals surface area contributed by atoms with E-state index in [1.807, 2.05) is 0 Å². The van der Waals surface area contributed by atoms with Crippen molar-refractivity contribution in [3.8, 4) is 0 Å². The summed E-state index contributed by atoms with van der Waals surface area (Å²) in [5.74, 6) is -3.72. The maximum atomic E-state index is 12.8. The van der Waals surface area contributed by atoms with E-state index in [1.165, 1.54) is 0 Å². The Kier molecular flexibility index (Phi) is 2.59. The minimum Gasteiger partial charge on any atom is -0.368 e. The minimum atomic E-state index is -3.00. The Balaban J connectivity index is 2.60. The molecule has 1 fully saturated rings. The third-order valence-corrected chi connectivity index (χ3v) is 1.95. The third kappa shape index (κ3) is 2.30. The fourth-order valence-corrected chi connectivity index (χ4v) is 1.20. The summed E-state index contributed by atoms with van der Waals surface area (Å²) < 4.78 is 25.5. The van der Waals surface area contributed by atoms with Gasteiger partial charge in [-0.3, -0.25) is 4.79 Å². The van der Waals surface area contributed by atoms with Gasteiger partial charge >= 0.3 is 6.03 Å². The number of carbonyl (C=O) groups is 2. The van der Waals surface area contributed by atoms with E-state index in [0.717, 1.165) is 4.90 Å². The number of carbonyl (C=O) groups excluding carboxylic acids is 2. The predicted octanol–water partition coefficient (Wildman–Crippen LogP) is -0.479. The Morgan fingerprint density at radius 2 is 2.36 bits per heavy atom. The van der Waals surface area contributed by atoms with Gasteiger partial charge in [0.1, 0.15) is 12.6 Å². The second kappa shape index (κ2) is 3.39. The predicted molar refractivity (Wildman–Crippen MR) is 43.7 cm³/mol. The number of nitrogens with zero attached hydrogens (tertiary/aromatic N) is 1. The topological polar surface area (TPSA) is 75.4 Å². The molecule has 0 radical (unpaired) electrons. The molecule has 0 saturated carbocycles. The fraction of sp³-hybridized carbons (Fsp3) is 0.714. The lowest BCUT2D eigenvalue weighted by atomic mass is 10.2. The van der Waals surface area contributed by atoms with Gasteiger partial charge in [0, 0.05) is 13.5 Å². The van der Waals surface area contributed by atoms with Crippen molar-refractivity contribution < 1.29 is 18.4 Å². The van der Waals surface area contributed by atoms with Crippen LogP contribution in [-0.2, 0) is 4.79 Å². The molecule has 1 atom stereocenters. The fourth-order valence-electron chi connectivity index (χ4n) is 1.20. The lowest BCUT2D eigenvalue weighted by Gasteiger charge is -2.17. The highest BCUT2D eigenvalue weighted by atomic mass is 19.3. The molecule has 1 unspecified atom stereocenters. The average molecular weight is 207 g/mol. The Labute approximate surface area is 79.2 Å². The van der Waals surface area contributed by atoms with Crippen molar-refractivity contribution in [2.45, 2.75) is 18.9 Å².